The Morgan fingerprint density at radius 3 is 2.67 bits per heavy atom. The SMILES string of the molecule is CN(C)c1cnn(Cc2ccc(CN)o2)c(=O)c1. The van der Waals surface area contributed by atoms with Crippen molar-refractivity contribution >= 4 is 5.69 Å². The fourth-order valence-corrected chi connectivity index (χ4v) is 1.55. The summed E-state index contributed by atoms with van der Waals surface area (Å²) in [7, 11) is 3.72. The Hall–Kier alpha value is -2.08. The van der Waals surface area contributed by atoms with E-state index in [9.17, 15) is 4.79 Å². The zero-order chi connectivity index (χ0) is 13.1. The molecule has 2 rings (SSSR count). The molecule has 0 aliphatic carbocycles. The largest absolute Gasteiger partial charge is 0.463 e. The van der Waals surface area contributed by atoms with Crippen LogP contribution in [-0.2, 0) is 13.1 Å². The minimum absolute atomic E-state index is 0.160. The second-order valence-corrected chi connectivity index (χ2v) is 4.18. The summed E-state index contributed by atoms with van der Waals surface area (Å²) in [4.78, 5) is 13.7. The minimum atomic E-state index is -0.160. The fourth-order valence-electron chi connectivity index (χ4n) is 1.55. The topological polar surface area (TPSA) is 77.3 Å². The number of furan rings is 1. The molecule has 2 heterocycles. The van der Waals surface area contributed by atoms with Crippen LogP contribution in [0.15, 0.2) is 33.6 Å². The van der Waals surface area contributed by atoms with Gasteiger partial charge in [0.25, 0.3) is 5.56 Å². The summed E-state index contributed by atoms with van der Waals surface area (Å²) < 4.78 is 6.79. The van der Waals surface area contributed by atoms with E-state index < -0.39 is 0 Å². The van der Waals surface area contributed by atoms with Gasteiger partial charge in [0, 0.05) is 20.2 Å². The average molecular weight is 248 g/mol. The van der Waals surface area contributed by atoms with Gasteiger partial charge in [0.05, 0.1) is 18.4 Å². The maximum absolute atomic E-state index is 11.8. The second kappa shape index (κ2) is 5.05. The molecule has 0 radical (unpaired) electrons. The summed E-state index contributed by atoms with van der Waals surface area (Å²) in [5.41, 5.74) is 6.07. The highest BCUT2D eigenvalue weighted by molar-refractivity contribution is 5.40. The van der Waals surface area contributed by atoms with Crippen molar-refractivity contribution in [3.63, 3.8) is 0 Å². The summed E-state index contributed by atoms with van der Waals surface area (Å²) in [5, 5.41) is 4.10. The number of nitrogens with zero attached hydrogens (tertiary/aromatic N) is 3. The Morgan fingerprint density at radius 2 is 2.11 bits per heavy atom. The highest BCUT2D eigenvalue weighted by Crippen LogP contribution is 2.08. The van der Waals surface area contributed by atoms with Gasteiger partial charge in [0.2, 0.25) is 0 Å². The fraction of sp³-hybridized carbons (Fsp3) is 0.333. The summed E-state index contributed by atoms with van der Waals surface area (Å²) in [6, 6.07) is 5.14. The molecule has 0 saturated carbocycles. The molecule has 2 aromatic rings. The number of hydrogen-bond donors (Lipinski definition) is 1. The Kier molecular flexibility index (Phi) is 3.47. The van der Waals surface area contributed by atoms with Crippen LogP contribution in [0, 0.1) is 0 Å². The van der Waals surface area contributed by atoms with E-state index in [-0.39, 0.29) is 5.56 Å². The summed E-state index contributed by atoms with van der Waals surface area (Å²) >= 11 is 0. The first-order valence-corrected chi connectivity index (χ1v) is 5.62. The van der Waals surface area contributed by atoms with Crippen LogP contribution in [0.4, 0.5) is 5.69 Å². The lowest BCUT2D eigenvalue weighted by molar-refractivity contribution is 0.440. The zero-order valence-corrected chi connectivity index (χ0v) is 10.5. The average Bonchev–Trinajstić information content (AvgIpc) is 2.79. The molecule has 96 valence electrons. The molecule has 0 atom stereocenters. The molecule has 0 saturated heterocycles. The Bertz CT molecular complexity index is 586. The molecule has 0 aromatic carbocycles. The normalized spacial score (nSPS) is 10.6. The Morgan fingerprint density at radius 1 is 1.39 bits per heavy atom. The molecule has 0 fully saturated rings. The van der Waals surface area contributed by atoms with Crippen LogP contribution in [0.2, 0.25) is 0 Å². The number of rotatable bonds is 4. The van der Waals surface area contributed by atoms with Crippen LogP contribution < -0.4 is 16.2 Å². The van der Waals surface area contributed by atoms with E-state index in [1.54, 1.807) is 24.4 Å². The van der Waals surface area contributed by atoms with Gasteiger partial charge in [-0.1, -0.05) is 0 Å². The monoisotopic (exact) mass is 248 g/mol. The first-order chi connectivity index (χ1) is 8.60. The van der Waals surface area contributed by atoms with Gasteiger partial charge in [0.15, 0.2) is 0 Å². The van der Waals surface area contributed by atoms with Crippen molar-refractivity contribution in [2.45, 2.75) is 13.1 Å². The molecule has 2 aromatic heterocycles. The first kappa shape index (κ1) is 12.4. The van der Waals surface area contributed by atoms with Crippen molar-refractivity contribution in [2.75, 3.05) is 19.0 Å². The summed E-state index contributed by atoms with van der Waals surface area (Å²) in [6.07, 6.45) is 1.65. The van der Waals surface area contributed by atoms with Crippen LogP contribution >= 0.6 is 0 Å². The summed E-state index contributed by atoms with van der Waals surface area (Å²) in [6.45, 7) is 0.661. The number of nitrogens with two attached hydrogens (primary N) is 1. The van der Waals surface area contributed by atoms with Gasteiger partial charge in [-0.25, -0.2) is 4.68 Å². The minimum Gasteiger partial charge on any atom is -0.463 e. The lowest BCUT2D eigenvalue weighted by Gasteiger charge is -2.11. The molecule has 6 nitrogen and oxygen atoms in total. The molecule has 0 spiro atoms. The number of anilines is 1. The molecule has 0 aliphatic rings. The predicted octanol–water partition coefficient (Wildman–Crippen LogP) is 0.409. The van der Waals surface area contributed by atoms with Gasteiger partial charge in [-0.2, -0.15) is 5.10 Å². The Balaban J connectivity index is 2.22. The van der Waals surface area contributed by atoms with E-state index in [4.69, 9.17) is 10.2 Å². The van der Waals surface area contributed by atoms with Gasteiger partial charge in [-0.15, -0.1) is 0 Å². The lowest BCUT2D eigenvalue weighted by Crippen LogP contribution is -2.24. The van der Waals surface area contributed by atoms with Gasteiger partial charge >= 0.3 is 0 Å². The molecular formula is C12H16N4O2. The van der Waals surface area contributed by atoms with Crippen molar-refractivity contribution < 1.29 is 4.42 Å². The van der Waals surface area contributed by atoms with Gasteiger partial charge in [-0.05, 0) is 12.1 Å². The molecule has 18 heavy (non-hydrogen) atoms. The van der Waals surface area contributed by atoms with Gasteiger partial charge in [-0.3, -0.25) is 4.79 Å². The van der Waals surface area contributed by atoms with Crippen molar-refractivity contribution in [3.05, 3.63) is 46.3 Å². The third-order valence-electron chi connectivity index (χ3n) is 2.60. The number of aromatic nitrogens is 2. The first-order valence-electron chi connectivity index (χ1n) is 5.62. The van der Waals surface area contributed by atoms with E-state index in [0.717, 1.165) is 5.69 Å². The van der Waals surface area contributed by atoms with Gasteiger partial charge in [0.1, 0.15) is 18.1 Å². The predicted molar refractivity (Wildman–Crippen MR) is 68.5 cm³/mol. The van der Waals surface area contributed by atoms with Crippen molar-refractivity contribution in [3.8, 4) is 0 Å². The highest BCUT2D eigenvalue weighted by Gasteiger charge is 2.05. The molecule has 0 aliphatic heterocycles. The molecule has 2 N–H and O–H groups in total. The Labute approximate surface area is 105 Å². The van der Waals surface area contributed by atoms with Crippen LogP contribution in [0.25, 0.3) is 0 Å². The van der Waals surface area contributed by atoms with Crippen molar-refractivity contribution in [2.24, 2.45) is 5.73 Å². The van der Waals surface area contributed by atoms with E-state index in [1.807, 2.05) is 19.0 Å². The van der Waals surface area contributed by atoms with Crippen LogP contribution in [-0.4, -0.2) is 23.9 Å². The van der Waals surface area contributed by atoms with Crippen LogP contribution in [0.5, 0.6) is 0 Å². The standard InChI is InChI=1S/C12H16N4O2/c1-15(2)9-5-12(17)16(14-7-9)8-11-4-3-10(6-13)18-11/h3-5,7H,6,8,13H2,1-2H3. The second-order valence-electron chi connectivity index (χ2n) is 4.18. The maximum Gasteiger partial charge on any atom is 0.269 e. The lowest BCUT2D eigenvalue weighted by atomic mass is 10.4. The van der Waals surface area contributed by atoms with E-state index in [2.05, 4.69) is 5.10 Å². The smallest absolute Gasteiger partial charge is 0.269 e. The van der Waals surface area contributed by atoms with Gasteiger partial charge < -0.3 is 15.1 Å². The molecule has 0 amide bonds. The molecular weight excluding hydrogens is 232 g/mol. The van der Waals surface area contributed by atoms with E-state index in [1.165, 1.54) is 4.68 Å². The van der Waals surface area contributed by atoms with Crippen molar-refractivity contribution in [1.82, 2.24) is 9.78 Å². The zero-order valence-electron chi connectivity index (χ0n) is 10.5. The highest BCUT2D eigenvalue weighted by atomic mass is 16.3. The third-order valence-corrected chi connectivity index (χ3v) is 2.60. The third kappa shape index (κ3) is 2.60. The molecule has 6 heteroatoms. The maximum atomic E-state index is 11.8. The quantitative estimate of drug-likeness (QED) is 0.848. The molecule has 0 bridgehead atoms. The molecule has 0 unspecified atom stereocenters. The number of hydrogen-bond acceptors (Lipinski definition) is 5. The van der Waals surface area contributed by atoms with Crippen LogP contribution in [0.1, 0.15) is 11.5 Å². The van der Waals surface area contributed by atoms with E-state index >= 15 is 0 Å². The van der Waals surface area contributed by atoms with Crippen molar-refractivity contribution in [1.29, 1.82) is 0 Å². The van der Waals surface area contributed by atoms with Crippen LogP contribution in [0.3, 0.4) is 0 Å². The summed E-state index contributed by atoms with van der Waals surface area (Å²) in [5.74, 6) is 1.37. The van der Waals surface area contributed by atoms with E-state index in [0.29, 0.717) is 24.6 Å².